The van der Waals surface area contributed by atoms with E-state index < -0.39 is 5.79 Å². The van der Waals surface area contributed by atoms with Crippen molar-refractivity contribution in [2.75, 3.05) is 32.7 Å². The molecule has 1 amide bonds. The Morgan fingerprint density at radius 1 is 1.50 bits per heavy atom. The lowest BCUT2D eigenvalue weighted by molar-refractivity contribution is -0.135. The minimum Gasteiger partial charge on any atom is -0.314 e. The van der Waals surface area contributed by atoms with Gasteiger partial charge in [0, 0.05) is 32.6 Å². The van der Waals surface area contributed by atoms with Gasteiger partial charge in [-0.05, 0) is 6.92 Å². The largest absolute Gasteiger partial charge is 0.314 e. The van der Waals surface area contributed by atoms with Crippen LogP contribution >= 0.6 is 0 Å². The van der Waals surface area contributed by atoms with Gasteiger partial charge in [-0.25, -0.2) is 4.99 Å². The van der Waals surface area contributed by atoms with Crippen molar-refractivity contribution >= 4 is 12.1 Å². The number of nitrogens with zero attached hydrogens (tertiary/aromatic N) is 3. The maximum Gasteiger partial charge on any atom is 0.268 e. The number of hydrogen-bond donors (Lipinski definition) is 1. The summed E-state index contributed by atoms with van der Waals surface area (Å²) in [4.78, 5) is 20.5. The molecule has 2 aliphatic rings. The topological polar surface area (TPSA) is 47.9 Å². The third-order valence-electron chi connectivity index (χ3n) is 3.59. The minimum absolute atomic E-state index is 0.0295. The van der Waals surface area contributed by atoms with E-state index in [1.807, 2.05) is 0 Å². The molecule has 1 N–H and O–H groups in total. The van der Waals surface area contributed by atoms with Crippen molar-refractivity contribution in [3.05, 3.63) is 0 Å². The molecule has 0 aromatic rings. The van der Waals surface area contributed by atoms with Crippen LogP contribution in [0, 0.1) is 11.8 Å². The molecular formula is C13H20N4O. The van der Waals surface area contributed by atoms with Crippen LogP contribution < -0.4 is 5.32 Å². The monoisotopic (exact) mass is 248 g/mol. The summed E-state index contributed by atoms with van der Waals surface area (Å²) in [6.45, 7) is 8.03. The first-order valence-corrected chi connectivity index (χ1v) is 6.47. The van der Waals surface area contributed by atoms with Crippen LogP contribution in [0.15, 0.2) is 4.99 Å². The van der Waals surface area contributed by atoms with Gasteiger partial charge in [0.25, 0.3) is 5.91 Å². The first-order chi connectivity index (χ1) is 8.74. The lowest BCUT2D eigenvalue weighted by Crippen LogP contribution is -2.62. The van der Waals surface area contributed by atoms with E-state index in [4.69, 9.17) is 0 Å². The molecule has 1 atom stereocenters. The first kappa shape index (κ1) is 13.1. The highest BCUT2D eigenvalue weighted by Crippen LogP contribution is 2.30. The molecule has 1 fully saturated rings. The van der Waals surface area contributed by atoms with Crippen molar-refractivity contribution < 1.29 is 4.79 Å². The average Bonchev–Trinajstić information content (AvgIpc) is 2.75. The Hall–Kier alpha value is -1.38. The number of rotatable bonds is 3. The van der Waals surface area contributed by atoms with Gasteiger partial charge < -0.3 is 5.32 Å². The predicted molar refractivity (Wildman–Crippen MR) is 71.1 cm³/mol. The normalized spacial score (nSPS) is 28.3. The molecule has 18 heavy (non-hydrogen) atoms. The van der Waals surface area contributed by atoms with Crippen LogP contribution in [0.5, 0.6) is 0 Å². The molecule has 0 aliphatic carbocycles. The smallest absolute Gasteiger partial charge is 0.268 e. The van der Waals surface area contributed by atoms with Gasteiger partial charge in [-0.15, -0.1) is 5.92 Å². The van der Waals surface area contributed by atoms with Gasteiger partial charge in [0.1, 0.15) is 0 Å². The third kappa shape index (κ3) is 2.14. The number of carbonyl (C=O) groups is 1. The lowest BCUT2D eigenvalue weighted by Gasteiger charge is -2.45. The number of aliphatic imine (C=N–C) groups is 1. The van der Waals surface area contributed by atoms with E-state index >= 15 is 0 Å². The van der Waals surface area contributed by atoms with E-state index in [9.17, 15) is 4.79 Å². The maximum atomic E-state index is 12.0. The zero-order chi connectivity index (χ0) is 13.0. The van der Waals surface area contributed by atoms with Crippen molar-refractivity contribution in [3.63, 3.8) is 0 Å². The molecule has 0 radical (unpaired) electrons. The lowest BCUT2D eigenvalue weighted by atomic mass is 10.1. The second-order valence-corrected chi connectivity index (χ2v) is 4.47. The molecule has 0 bridgehead atoms. The van der Waals surface area contributed by atoms with Crippen LogP contribution in [-0.4, -0.2) is 60.4 Å². The molecule has 98 valence electrons. The molecule has 5 nitrogen and oxygen atoms in total. The zero-order valence-corrected chi connectivity index (χ0v) is 11.1. The second kappa shape index (κ2) is 5.51. The zero-order valence-electron chi connectivity index (χ0n) is 11.1. The van der Waals surface area contributed by atoms with E-state index in [1.54, 1.807) is 11.8 Å². The van der Waals surface area contributed by atoms with Gasteiger partial charge in [-0.2, -0.15) is 0 Å². The second-order valence-electron chi connectivity index (χ2n) is 4.47. The molecule has 0 saturated carbocycles. The van der Waals surface area contributed by atoms with Gasteiger partial charge in [0.05, 0.1) is 12.8 Å². The van der Waals surface area contributed by atoms with Gasteiger partial charge in [0.15, 0.2) is 5.79 Å². The Labute approximate surface area is 108 Å². The van der Waals surface area contributed by atoms with Gasteiger partial charge in [0.2, 0.25) is 0 Å². The van der Waals surface area contributed by atoms with Crippen molar-refractivity contribution in [2.24, 2.45) is 4.99 Å². The van der Waals surface area contributed by atoms with Crippen molar-refractivity contribution in [1.29, 1.82) is 0 Å². The fourth-order valence-corrected chi connectivity index (χ4v) is 2.62. The third-order valence-corrected chi connectivity index (χ3v) is 3.59. The van der Waals surface area contributed by atoms with Crippen LogP contribution in [0.4, 0.5) is 0 Å². The summed E-state index contributed by atoms with van der Waals surface area (Å²) in [5.41, 5.74) is 0. The van der Waals surface area contributed by atoms with Crippen molar-refractivity contribution in [3.8, 4) is 11.8 Å². The van der Waals surface area contributed by atoms with Crippen LogP contribution in [-0.2, 0) is 4.79 Å². The number of nitrogens with one attached hydrogen (secondary N) is 1. The van der Waals surface area contributed by atoms with Gasteiger partial charge in [-0.3, -0.25) is 14.6 Å². The molecule has 1 saturated heterocycles. The quantitative estimate of drug-likeness (QED) is 0.709. The molecule has 1 unspecified atom stereocenters. The van der Waals surface area contributed by atoms with E-state index in [0.717, 1.165) is 32.6 Å². The molecule has 0 aromatic heterocycles. The van der Waals surface area contributed by atoms with Crippen LogP contribution in [0.25, 0.3) is 0 Å². The van der Waals surface area contributed by atoms with Crippen molar-refractivity contribution in [1.82, 2.24) is 15.1 Å². The Morgan fingerprint density at radius 2 is 2.22 bits per heavy atom. The van der Waals surface area contributed by atoms with E-state index in [2.05, 4.69) is 34.0 Å². The summed E-state index contributed by atoms with van der Waals surface area (Å²) >= 11 is 0. The molecule has 2 rings (SSSR count). The van der Waals surface area contributed by atoms with Gasteiger partial charge >= 0.3 is 0 Å². The number of hydrogen-bond acceptors (Lipinski definition) is 4. The molecule has 2 aliphatic heterocycles. The van der Waals surface area contributed by atoms with E-state index in [-0.39, 0.29) is 5.91 Å². The standard InChI is InChI=1S/C13H20N4O/c1-3-5-8-17-12(18)11-15-13(17,4-2)16-9-6-14-7-10-16/h11,14H,4,6-10H2,1-2H3. The highest BCUT2D eigenvalue weighted by Gasteiger charge is 2.46. The first-order valence-electron chi connectivity index (χ1n) is 6.47. The summed E-state index contributed by atoms with van der Waals surface area (Å²) in [5, 5.41) is 3.32. The summed E-state index contributed by atoms with van der Waals surface area (Å²) in [6, 6.07) is 0. The number of amides is 1. The average molecular weight is 248 g/mol. The highest BCUT2D eigenvalue weighted by atomic mass is 16.2. The number of piperazine rings is 1. The SMILES string of the molecule is CC#CCN1C(=O)C=NC1(CC)N1CCNCC1. The molecule has 5 heteroatoms. The predicted octanol–water partition coefficient (Wildman–Crippen LogP) is -0.108. The van der Waals surface area contributed by atoms with E-state index in [1.165, 1.54) is 6.21 Å². The summed E-state index contributed by atoms with van der Waals surface area (Å²) in [6.07, 6.45) is 2.24. The minimum atomic E-state index is -0.511. The van der Waals surface area contributed by atoms with Crippen LogP contribution in [0.1, 0.15) is 20.3 Å². The highest BCUT2D eigenvalue weighted by molar-refractivity contribution is 6.28. The fourth-order valence-electron chi connectivity index (χ4n) is 2.62. The van der Waals surface area contributed by atoms with Crippen molar-refractivity contribution in [2.45, 2.75) is 26.1 Å². The van der Waals surface area contributed by atoms with Gasteiger partial charge in [-0.1, -0.05) is 12.8 Å². The Kier molecular flexibility index (Phi) is 4.00. The number of carbonyl (C=O) groups excluding carboxylic acids is 1. The summed E-state index contributed by atoms with van der Waals surface area (Å²) in [7, 11) is 0. The Morgan fingerprint density at radius 3 is 2.83 bits per heavy atom. The molecule has 2 heterocycles. The molecule has 0 aromatic carbocycles. The van der Waals surface area contributed by atoms with Crippen LogP contribution in [0.3, 0.4) is 0 Å². The Bertz CT molecular complexity index is 403. The molecular weight excluding hydrogens is 228 g/mol. The maximum absolute atomic E-state index is 12.0. The Balaban J connectivity index is 2.24. The summed E-state index contributed by atoms with van der Waals surface area (Å²) in [5.74, 6) is 5.29. The fraction of sp³-hybridized carbons (Fsp3) is 0.692. The van der Waals surface area contributed by atoms with E-state index in [0.29, 0.717) is 6.54 Å². The summed E-state index contributed by atoms with van der Waals surface area (Å²) < 4.78 is 0. The molecule has 0 spiro atoms. The van der Waals surface area contributed by atoms with Crippen LogP contribution in [0.2, 0.25) is 0 Å².